The second-order valence-corrected chi connectivity index (χ2v) is 7.98. The molecule has 1 heterocycles. The number of nitrogens with one attached hydrogen (secondary N) is 1. The molecule has 0 bridgehead atoms. The molecule has 1 aromatic heterocycles. The first-order chi connectivity index (χ1) is 14.1. The minimum atomic E-state index is -0.544. The molecule has 7 heteroatoms. The van der Waals surface area contributed by atoms with Crippen molar-refractivity contribution >= 4 is 33.9 Å². The first-order valence-corrected chi connectivity index (χ1v) is 10.8. The third-order valence-electron chi connectivity index (χ3n) is 5.10. The molecule has 0 spiro atoms. The Balaban J connectivity index is 1.58. The van der Waals surface area contributed by atoms with Crippen LogP contribution in [0.4, 0.5) is 10.7 Å². The molecule has 0 saturated heterocycles. The van der Waals surface area contributed by atoms with E-state index in [0.29, 0.717) is 16.1 Å². The number of benzene rings is 1. The van der Waals surface area contributed by atoms with E-state index < -0.39 is 11.9 Å². The van der Waals surface area contributed by atoms with E-state index >= 15 is 0 Å². The summed E-state index contributed by atoms with van der Waals surface area (Å²) >= 11 is 1.45. The Morgan fingerprint density at radius 3 is 2.52 bits per heavy atom. The molecular formula is C22H25N3O3S. The Labute approximate surface area is 175 Å². The van der Waals surface area contributed by atoms with Crippen molar-refractivity contribution in [2.24, 2.45) is 0 Å². The van der Waals surface area contributed by atoms with Crippen LogP contribution in [0.3, 0.4) is 0 Å². The lowest BCUT2D eigenvalue weighted by Gasteiger charge is -2.20. The van der Waals surface area contributed by atoms with Gasteiger partial charge in [-0.2, -0.15) is 5.26 Å². The molecule has 0 fully saturated rings. The van der Waals surface area contributed by atoms with Crippen molar-refractivity contribution < 1.29 is 14.3 Å². The highest BCUT2D eigenvalue weighted by molar-refractivity contribution is 7.16. The lowest BCUT2D eigenvalue weighted by molar-refractivity contribution is -0.119. The molecule has 0 radical (unpaired) electrons. The number of thiophene rings is 1. The predicted octanol–water partition coefficient (Wildman–Crippen LogP) is 4.14. The van der Waals surface area contributed by atoms with Crippen LogP contribution in [0.15, 0.2) is 24.3 Å². The number of amides is 1. The fraction of sp³-hybridized carbons (Fsp3) is 0.409. The average molecular weight is 412 g/mol. The number of nitriles is 1. The molecule has 1 N–H and O–H groups in total. The van der Waals surface area contributed by atoms with Crippen molar-refractivity contribution in [2.45, 2.75) is 39.5 Å². The average Bonchev–Trinajstić information content (AvgIpc) is 3.10. The molecule has 3 rings (SSSR count). The third kappa shape index (κ3) is 4.77. The topological polar surface area (TPSA) is 82.4 Å². The Morgan fingerprint density at radius 1 is 1.17 bits per heavy atom. The van der Waals surface area contributed by atoms with Gasteiger partial charge in [0.15, 0.2) is 6.61 Å². The smallest absolute Gasteiger partial charge is 0.338 e. The normalized spacial score (nSPS) is 12.6. The summed E-state index contributed by atoms with van der Waals surface area (Å²) in [5.41, 5.74) is 3.05. The first kappa shape index (κ1) is 20.9. The van der Waals surface area contributed by atoms with Crippen molar-refractivity contribution in [2.75, 3.05) is 29.9 Å². The third-order valence-corrected chi connectivity index (χ3v) is 6.31. The van der Waals surface area contributed by atoms with E-state index in [-0.39, 0.29) is 6.61 Å². The Bertz CT molecular complexity index is 924. The van der Waals surface area contributed by atoms with Crippen LogP contribution in [0.2, 0.25) is 0 Å². The van der Waals surface area contributed by atoms with Crippen LogP contribution in [0.25, 0.3) is 0 Å². The maximum absolute atomic E-state index is 12.3. The highest BCUT2D eigenvalue weighted by Gasteiger charge is 2.22. The first-order valence-electron chi connectivity index (χ1n) is 9.94. The summed E-state index contributed by atoms with van der Waals surface area (Å²) < 4.78 is 5.15. The van der Waals surface area contributed by atoms with Gasteiger partial charge in [-0.3, -0.25) is 4.79 Å². The number of rotatable bonds is 7. The second-order valence-electron chi connectivity index (χ2n) is 6.87. The summed E-state index contributed by atoms with van der Waals surface area (Å²) in [6.07, 6.45) is 4.00. The lowest BCUT2D eigenvalue weighted by Crippen LogP contribution is -2.22. The number of nitrogens with zero attached hydrogens (tertiary/aromatic N) is 2. The fourth-order valence-corrected chi connectivity index (χ4v) is 4.80. The van der Waals surface area contributed by atoms with Crippen LogP contribution in [0, 0.1) is 11.3 Å². The largest absolute Gasteiger partial charge is 0.452 e. The van der Waals surface area contributed by atoms with E-state index in [1.165, 1.54) is 16.2 Å². The van der Waals surface area contributed by atoms with Gasteiger partial charge in [-0.15, -0.1) is 11.3 Å². The van der Waals surface area contributed by atoms with Crippen molar-refractivity contribution in [3.8, 4) is 6.07 Å². The van der Waals surface area contributed by atoms with E-state index in [1.54, 1.807) is 12.1 Å². The Morgan fingerprint density at radius 2 is 1.86 bits per heavy atom. The van der Waals surface area contributed by atoms with E-state index in [2.05, 4.69) is 30.1 Å². The lowest BCUT2D eigenvalue weighted by atomic mass is 9.96. The van der Waals surface area contributed by atoms with Crippen molar-refractivity contribution in [1.82, 2.24) is 0 Å². The summed E-state index contributed by atoms with van der Waals surface area (Å²) in [4.78, 5) is 27.8. The summed E-state index contributed by atoms with van der Waals surface area (Å²) in [5.74, 6) is -0.981. The van der Waals surface area contributed by atoms with Gasteiger partial charge < -0.3 is 15.0 Å². The molecule has 0 saturated carbocycles. The SMILES string of the molecule is CCN(CC)c1ccc(C(=O)OCC(=O)Nc2sc3c(c2C#N)CCCC3)cc1. The monoisotopic (exact) mass is 411 g/mol. The number of ether oxygens (including phenoxy) is 1. The zero-order chi connectivity index (χ0) is 20.8. The summed E-state index contributed by atoms with van der Waals surface area (Å²) in [7, 11) is 0. The van der Waals surface area contributed by atoms with E-state index in [9.17, 15) is 14.9 Å². The van der Waals surface area contributed by atoms with Crippen LogP contribution in [0.1, 0.15) is 53.1 Å². The zero-order valence-corrected chi connectivity index (χ0v) is 17.6. The van der Waals surface area contributed by atoms with E-state index in [0.717, 1.165) is 50.0 Å². The molecule has 0 atom stereocenters. The molecule has 1 amide bonds. The van der Waals surface area contributed by atoms with Crippen LogP contribution >= 0.6 is 11.3 Å². The molecule has 1 aliphatic carbocycles. The Hall–Kier alpha value is -2.85. The molecule has 0 unspecified atom stereocenters. The summed E-state index contributed by atoms with van der Waals surface area (Å²) in [6, 6.07) is 9.36. The molecule has 152 valence electrons. The zero-order valence-electron chi connectivity index (χ0n) is 16.8. The summed E-state index contributed by atoms with van der Waals surface area (Å²) in [5, 5.41) is 12.8. The molecule has 2 aromatic rings. The van der Waals surface area contributed by atoms with Gasteiger partial charge in [0.05, 0.1) is 11.1 Å². The van der Waals surface area contributed by atoms with Gasteiger partial charge in [0.1, 0.15) is 11.1 Å². The van der Waals surface area contributed by atoms with Crippen molar-refractivity contribution in [3.05, 3.63) is 45.8 Å². The number of aryl methyl sites for hydroxylation is 1. The summed E-state index contributed by atoms with van der Waals surface area (Å²) in [6.45, 7) is 5.54. The second kappa shape index (κ2) is 9.57. The number of carbonyl (C=O) groups is 2. The van der Waals surface area contributed by atoms with Gasteiger partial charge in [0.25, 0.3) is 5.91 Å². The number of hydrogen-bond acceptors (Lipinski definition) is 6. The van der Waals surface area contributed by atoms with Crippen LogP contribution in [-0.2, 0) is 22.4 Å². The maximum atomic E-state index is 12.3. The minimum absolute atomic E-state index is 0.385. The maximum Gasteiger partial charge on any atom is 0.338 e. The van der Waals surface area contributed by atoms with Gasteiger partial charge in [-0.05, 0) is 69.4 Å². The van der Waals surface area contributed by atoms with Crippen LogP contribution in [0.5, 0.6) is 0 Å². The molecular weight excluding hydrogens is 386 g/mol. The number of esters is 1. The van der Waals surface area contributed by atoms with Gasteiger partial charge in [0, 0.05) is 23.7 Å². The van der Waals surface area contributed by atoms with Gasteiger partial charge >= 0.3 is 5.97 Å². The number of hydrogen-bond donors (Lipinski definition) is 1. The number of anilines is 2. The standard InChI is InChI=1S/C22H25N3O3S/c1-3-25(4-2)16-11-9-15(10-12-16)22(27)28-14-20(26)24-21-18(13-23)17-7-5-6-8-19(17)29-21/h9-12H,3-8,14H2,1-2H3,(H,24,26). The molecule has 6 nitrogen and oxygen atoms in total. The predicted molar refractivity (Wildman–Crippen MR) is 115 cm³/mol. The van der Waals surface area contributed by atoms with E-state index in [1.807, 2.05) is 12.1 Å². The highest BCUT2D eigenvalue weighted by Crippen LogP contribution is 2.37. The van der Waals surface area contributed by atoms with Crippen molar-refractivity contribution in [1.29, 1.82) is 5.26 Å². The van der Waals surface area contributed by atoms with Gasteiger partial charge in [-0.1, -0.05) is 0 Å². The van der Waals surface area contributed by atoms with E-state index in [4.69, 9.17) is 4.74 Å². The van der Waals surface area contributed by atoms with Crippen LogP contribution < -0.4 is 10.2 Å². The highest BCUT2D eigenvalue weighted by atomic mass is 32.1. The molecule has 1 aliphatic rings. The molecule has 1 aromatic carbocycles. The number of fused-ring (bicyclic) bond motifs is 1. The number of carbonyl (C=O) groups excluding carboxylic acids is 2. The quantitative estimate of drug-likeness (QED) is 0.693. The fourth-order valence-electron chi connectivity index (χ4n) is 3.55. The van der Waals surface area contributed by atoms with Crippen molar-refractivity contribution in [3.63, 3.8) is 0 Å². The van der Waals surface area contributed by atoms with Gasteiger partial charge in [0.2, 0.25) is 0 Å². The molecule has 0 aliphatic heterocycles. The van der Waals surface area contributed by atoms with Gasteiger partial charge in [-0.25, -0.2) is 4.79 Å². The minimum Gasteiger partial charge on any atom is -0.452 e. The Kier molecular flexibility index (Phi) is 6.89. The van der Waals surface area contributed by atoms with Crippen LogP contribution in [-0.4, -0.2) is 31.6 Å². The molecule has 29 heavy (non-hydrogen) atoms.